The number of hydrogen-bond acceptors (Lipinski definition) is 5. The number of benzene rings is 1. The van der Waals surface area contributed by atoms with Crippen molar-refractivity contribution in [1.82, 2.24) is 20.4 Å². The number of fused-ring (bicyclic) bond motifs is 2. The molecule has 7 heteroatoms. The lowest BCUT2D eigenvalue weighted by Crippen LogP contribution is -2.40. The highest BCUT2D eigenvalue weighted by Crippen LogP contribution is 2.35. The van der Waals surface area contributed by atoms with E-state index in [-0.39, 0.29) is 12.1 Å². The van der Waals surface area contributed by atoms with Crippen LogP contribution in [-0.2, 0) is 19.3 Å². The maximum absolute atomic E-state index is 13.0. The summed E-state index contributed by atoms with van der Waals surface area (Å²) >= 11 is 0. The molecule has 3 heterocycles. The summed E-state index contributed by atoms with van der Waals surface area (Å²) in [6, 6.07) is 8.18. The molecule has 2 amide bonds. The lowest BCUT2D eigenvalue weighted by molar-refractivity contribution is 0.243. The third kappa shape index (κ3) is 3.16. The number of carbonyl (C=O) groups excluding carboxylic acids is 1. The third-order valence-electron chi connectivity index (χ3n) is 5.79. The Hall–Kier alpha value is -3.22. The van der Waals surface area contributed by atoms with Crippen molar-refractivity contribution in [2.75, 3.05) is 11.4 Å². The Bertz CT molecular complexity index is 1090. The van der Waals surface area contributed by atoms with Crippen molar-refractivity contribution in [3.05, 3.63) is 58.7 Å². The van der Waals surface area contributed by atoms with Crippen LogP contribution in [0.5, 0.6) is 0 Å². The van der Waals surface area contributed by atoms with Gasteiger partial charge < -0.3 is 9.84 Å². The smallest absolute Gasteiger partial charge is 0.322 e. The monoisotopic (exact) mass is 389 g/mol. The summed E-state index contributed by atoms with van der Waals surface area (Å²) in [5.41, 5.74) is 6.40. The van der Waals surface area contributed by atoms with Crippen molar-refractivity contribution in [3.63, 3.8) is 0 Å². The van der Waals surface area contributed by atoms with Gasteiger partial charge in [-0.3, -0.25) is 9.88 Å². The first-order valence-electron chi connectivity index (χ1n) is 10.1. The standard InChI is InChI=1S/C22H23N5O2/c1-3-20-25-21(26-29-20)15-4-6-17-14(11-15)5-7-18(17)24-22(28)27-9-8-16-12-23-13(2)10-19(16)27/h4,6,10-12,18H,3,5,7-9H2,1-2H3,(H,24,28)/t18-/m1/s1. The number of rotatable bonds is 3. The lowest BCUT2D eigenvalue weighted by atomic mass is 10.0. The van der Waals surface area contributed by atoms with Crippen LogP contribution in [-0.4, -0.2) is 27.7 Å². The number of amides is 2. The predicted octanol–water partition coefficient (Wildman–Crippen LogP) is 3.76. The minimum Gasteiger partial charge on any atom is -0.339 e. The van der Waals surface area contributed by atoms with E-state index in [2.05, 4.69) is 32.6 Å². The Balaban J connectivity index is 1.34. The van der Waals surface area contributed by atoms with E-state index in [9.17, 15) is 4.79 Å². The van der Waals surface area contributed by atoms with Crippen LogP contribution >= 0.6 is 0 Å². The number of aromatic nitrogens is 3. The zero-order chi connectivity index (χ0) is 20.0. The minimum absolute atomic E-state index is 0.0232. The molecule has 1 aromatic carbocycles. The second-order valence-corrected chi connectivity index (χ2v) is 7.68. The van der Waals surface area contributed by atoms with Gasteiger partial charge in [0.25, 0.3) is 0 Å². The number of pyridine rings is 1. The first kappa shape index (κ1) is 17.8. The molecule has 148 valence electrons. The highest BCUT2D eigenvalue weighted by atomic mass is 16.5. The van der Waals surface area contributed by atoms with Gasteiger partial charge in [0.05, 0.1) is 11.7 Å². The average molecular weight is 389 g/mol. The zero-order valence-electron chi connectivity index (χ0n) is 16.6. The SMILES string of the molecule is CCc1nc(-c2ccc3c(c2)CC[C@H]3NC(=O)N2CCc3cnc(C)cc32)no1. The molecule has 0 radical (unpaired) electrons. The molecule has 1 N–H and O–H groups in total. The molecular formula is C22H23N5O2. The molecule has 1 aliphatic carbocycles. The molecule has 0 bridgehead atoms. The summed E-state index contributed by atoms with van der Waals surface area (Å²) in [4.78, 5) is 23.6. The van der Waals surface area contributed by atoms with Crippen molar-refractivity contribution in [1.29, 1.82) is 0 Å². The quantitative estimate of drug-likeness (QED) is 0.737. The summed E-state index contributed by atoms with van der Waals surface area (Å²) in [5, 5.41) is 7.29. The lowest BCUT2D eigenvalue weighted by Gasteiger charge is -2.22. The van der Waals surface area contributed by atoms with E-state index in [0.717, 1.165) is 48.2 Å². The van der Waals surface area contributed by atoms with Crippen LogP contribution in [0.1, 0.15) is 47.7 Å². The van der Waals surface area contributed by atoms with Gasteiger partial charge in [0.2, 0.25) is 11.7 Å². The van der Waals surface area contributed by atoms with Crippen LogP contribution in [0, 0.1) is 6.92 Å². The van der Waals surface area contributed by atoms with E-state index in [1.807, 2.05) is 37.1 Å². The number of hydrogen-bond donors (Lipinski definition) is 1. The molecular weight excluding hydrogens is 366 g/mol. The molecule has 2 aromatic heterocycles. The van der Waals surface area contributed by atoms with Crippen LogP contribution in [0.15, 0.2) is 35.0 Å². The molecule has 2 aliphatic rings. The highest BCUT2D eigenvalue weighted by Gasteiger charge is 2.30. The molecule has 3 aromatic rings. The maximum Gasteiger partial charge on any atom is 0.322 e. The highest BCUT2D eigenvalue weighted by molar-refractivity contribution is 5.94. The molecule has 1 aliphatic heterocycles. The predicted molar refractivity (Wildman–Crippen MR) is 109 cm³/mol. The fraction of sp³-hybridized carbons (Fsp3) is 0.364. The number of urea groups is 1. The molecule has 0 spiro atoms. The van der Waals surface area contributed by atoms with E-state index < -0.39 is 0 Å². The number of nitrogens with zero attached hydrogens (tertiary/aromatic N) is 4. The van der Waals surface area contributed by atoms with Gasteiger partial charge >= 0.3 is 6.03 Å². The molecule has 29 heavy (non-hydrogen) atoms. The molecule has 1 atom stereocenters. The van der Waals surface area contributed by atoms with Crippen molar-refractivity contribution in [2.24, 2.45) is 0 Å². The van der Waals surface area contributed by atoms with Gasteiger partial charge in [-0.05, 0) is 55.0 Å². The van der Waals surface area contributed by atoms with E-state index in [1.54, 1.807) is 0 Å². The Morgan fingerprint density at radius 3 is 3.00 bits per heavy atom. The summed E-state index contributed by atoms with van der Waals surface area (Å²) < 4.78 is 5.23. The van der Waals surface area contributed by atoms with E-state index >= 15 is 0 Å². The fourth-order valence-corrected chi connectivity index (χ4v) is 4.23. The third-order valence-corrected chi connectivity index (χ3v) is 5.79. The van der Waals surface area contributed by atoms with Gasteiger partial charge in [0, 0.05) is 30.4 Å². The molecule has 0 unspecified atom stereocenters. The second kappa shape index (κ2) is 6.99. The first-order valence-corrected chi connectivity index (χ1v) is 10.1. The summed E-state index contributed by atoms with van der Waals surface area (Å²) in [6.07, 6.45) is 5.28. The normalized spacial score (nSPS) is 17.3. The minimum atomic E-state index is -0.0398. The number of nitrogens with one attached hydrogen (secondary N) is 1. The van der Waals surface area contributed by atoms with Crippen molar-refractivity contribution >= 4 is 11.7 Å². The fourth-order valence-electron chi connectivity index (χ4n) is 4.23. The average Bonchev–Trinajstić information content (AvgIpc) is 3.45. The molecule has 0 saturated carbocycles. The van der Waals surface area contributed by atoms with Gasteiger partial charge in [0.15, 0.2) is 0 Å². The molecule has 0 saturated heterocycles. The number of carbonyl (C=O) groups is 1. The number of aryl methyl sites for hydroxylation is 3. The second-order valence-electron chi connectivity index (χ2n) is 7.68. The maximum atomic E-state index is 13.0. The van der Waals surface area contributed by atoms with Crippen molar-refractivity contribution in [2.45, 2.75) is 45.6 Å². The summed E-state index contributed by atoms with van der Waals surface area (Å²) in [7, 11) is 0. The Labute approximate surface area is 169 Å². The molecule has 7 nitrogen and oxygen atoms in total. The van der Waals surface area contributed by atoms with Crippen LogP contribution in [0.25, 0.3) is 11.4 Å². The van der Waals surface area contributed by atoms with E-state index in [4.69, 9.17) is 4.52 Å². The van der Waals surface area contributed by atoms with Crippen LogP contribution in [0.2, 0.25) is 0 Å². The van der Waals surface area contributed by atoms with Gasteiger partial charge in [-0.1, -0.05) is 24.2 Å². The van der Waals surface area contributed by atoms with E-state index in [1.165, 1.54) is 11.1 Å². The number of anilines is 1. The van der Waals surface area contributed by atoms with Gasteiger partial charge in [-0.15, -0.1) is 0 Å². The topological polar surface area (TPSA) is 84.2 Å². The largest absolute Gasteiger partial charge is 0.339 e. The van der Waals surface area contributed by atoms with E-state index in [0.29, 0.717) is 18.3 Å². The van der Waals surface area contributed by atoms with Gasteiger partial charge in [-0.2, -0.15) is 4.98 Å². The zero-order valence-corrected chi connectivity index (χ0v) is 16.6. The Morgan fingerprint density at radius 1 is 1.28 bits per heavy atom. The molecule has 0 fully saturated rings. The summed E-state index contributed by atoms with van der Waals surface area (Å²) in [6.45, 7) is 4.64. The van der Waals surface area contributed by atoms with Crippen molar-refractivity contribution < 1.29 is 9.32 Å². The van der Waals surface area contributed by atoms with Crippen LogP contribution in [0.3, 0.4) is 0 Å². The van der Waals surface area contributed by atoms with Gasteiger partial charge in [0.1, 0.15) is 0 Å². The Kier molecular flexibility index (Phi) is 4.30. The summed E-state index contributed by atoms with van der Waals surface area (Å²) in [5.74, 6) is 1.26. The van der Waals surface area contributed by atoms with Crippen molar-refractivity contribution in [3.8, 4) is 11.4 Å². The van der Waals surface area contributed by atoms with Gasteiger partial charge in [-0.25, -0.2) is 4.79 Å². The molecule has 5 rings (SSSR count). The first-order chi connectivity index (χ1) is 14.1. The Morgan fingerprint density at radius 2 is 2.17 bits per heavy atom. The van der Waals surface area contributed by atoms with Crippen LogP contribution in [0.4, 0.5) is 10.5 Å². The van der Waals surface area contributed by atoms with Crippen LogP contribution < -0.4 is 10.2 Å².